The molecule has 3 heteroatoms. The molecule has 1 aromatic carbocycles. The summed E-state index contributed by atoms with van der Waals surface area (Å²) in [6, 6.07) is 8.06. The second-order valence-electron chi connectivity index (χ2n) is 4.09. The highest BCUT2D eigenvalue weighted by atomic mass is 35.5. The van der Waals surface area contributed by atoms with Gasteiger partial charge in [-0.05, 0) is 24.0 Å². The molecule has 0 aliphatic carbocycles. The van der Waals surface area contributed by atoms with Gasteiger partial charge in [0.2, 0.25) is 0 Å². The van der Waals surface area contributed by atoms with E-state index in [2.05, 4.69) is 11.4 Å². The van der Waals surface area contributed by atoms with Crippen molar-refractivity contribution in [1.29, 1.82) is 0 Å². The van der Waals surface area contributed by atoms with Crippen LogP contribution in [0.4, 0.5) is 0 Å². The summed E-state index contributed by atoms with van der Waals surface area (Å²) in [6.07, 6.45) is 2.34. The Morgan fingerprint density at radius 2 is 2.25 bits per heavy atom. The third-order valence-electron chi connectivity index (χ3n) is 2.99. The molecule has 1 aromatic rings. The number of alkyl halides is 1. The predicted molar refractivity (Wildman–Crippen MR) is 65.9 cm³/mol. The monoisotopic (exact) mass is 237 g/mol. The van der Waals surface area contributed by atoms with Crippen molar-refractivity contribution in [1.82, 2.24) is 5.32 Å². The van der Waals surface area contributed by atoms with Crippen LogP contribution in [-0.4, -0.2) is 18.2 Å². The van der Waals surface area contributed by atoms with Gasteiger partial charge in [-0.1, -0.05) is 24.3 Å². The van der Waals surface area contributed by atoms with Crippen LogP contribution in [0.25, 0.3) is 0 Å². The molecule has 0 saturated heterocycles. The molecule has 1 heterocycles. The number of hydrogen-bond acceptors (Lipinski definition) is 2. The van der Waals surface area contributed by atoms with Gasteiger partial charge in [-0.2, -0.15) is 0 Å². The fraction of sp³-hybridized carbons (Fsp3) is 0.462. The van der Waals surface area contributed by atoms with E-state index in [4.69, 9.17) is 11.6 Å². The van der Waals surface area contributed by atoms with Gasteiger partial charge in [0.15, 0.2) is 5.78 Å². The highest BCUT2D eigenvalue weighted by Gasteiger charge is 2.24. The van der Waals surface area contributed by atoms with Crippen LogP contribution in [-0.2, 0) is 11.2 Å². The number of halogens is 1. The van der Waals surface area contributed by atoms with Gasteiger partial charge in [0, 0.05) is 18.8 Å². The van der Waals surface area contributed by atoms with Crippen molar-refractivity contribution in [3.8, 4) is 0 Å². The number of carbonyl (C=O) groups excluding carboxylic acids is 1. The maximum absolute atomic E-state index is 12.0. The fourth-order valence-corrected chi connectivity index (χ4v) is 2.31. The van der Waals surface area contributed by atoms with Crippen LogP contribution in [0, 0.1) is 0 Å². The molecule has 2 nitrogen and oxygen atoms in total. The van der Waals surface area contributed by atoms with E-state index in [1.165, 1.54) is 5.56 Å². The molecule has 0 fully saturated rings. The van der Waals surface area contributed by atoms with E-state index in [0.29, 0.717) is 12.3 Å². The lowest BCUT2D eigenvalue weighted by Gasteiger charge is -2.25. The molecular weight excluding hydrogens is 222 g/mol. The van der Waals surface area contributed by atoms with Crippen molar-refractivity contribution in [3.05, 3.63) is 35.4 Å². The number of benzene rings is 1. The van der Waals surface area contributed by atoms with Gasteiger partial charge >= 0.3 is 0 Å². The SMILES string of the molecule is O=C(CCCCl)C1NCCc2ccccc21. The van der Waals surface area contributed by atoms with E-state index < -0.39 is 0 Å². The second kappa shape index (κ2) is 5.46. The summed E-state index contributed by atoms with van der Waals surface area (Å²) in [4.78, 5) is 12.0. The molecule has 0 saturated carbocycles. The van der Waals surface area contributed by atoms with Gasteiger partial charge in [-0.15, -0.1) is 11.6 Å². The van der Waals surface area contributed by atoms with Crippen molar-refractivity contribution in [2.75, 3.05) is 12.4 Å². The molecule has 1 aliphatic heterocycles. The Kier molecular flexibility index (Phi) is 3.97. The molecule has 16 heavy (non-hydrogen) atoms. The largest absolute Gasteiger partial charge is 0.303 e. The van der Waals surface area contributed by atoms with E-state index >= 15 is 0 Å². The summed E-state index contributed by atoms with van der Waals surface area (Å²) in [7, 11) is 0. The first-order valence-corrected chi connectivity index (χ1v) is 6.26. The number of carbonyl (C=O) groups is 1. The molecule has 86 valence electrons. The third kappa shape index (κ3) is 2.45. The lowest BCUT2D eigenvalue weighted by molar-refractivity contribution is -0.121. The summed E-state index contributed by atoms with van der Waals surface area (Å²) < 4.78 is 0. The maximum Gasteiger partial charge on any atom is 0.154 e. The van der Waals surface area contributed by atoms with Crippen LogP contribution in [0.1, 0.15) is 30.0 Å². The van der Waals surface area contributed by atoms with Gasteiger partial charge in [0.1, 0.15) is 0 Å². The number of fused-ring (bicyclic) bond motifs is 1. The fourth-order valence-electron chi connectivity index (χ4n) is 2.18. The van der Waals surface area contributed by atoms with Crippen molar-refractivity contribution >= 4 is 17.4 Å². The summed E-state index contributed by atoms with van der Waals surface area (Å²) in [5, 5.41) is 3.29. The quantitative estimate of drug-likeness (QED) is 0.816. The Hall–Kier alpha value is -0.860. The third-order valence-corrected chi connectivity index (χ3v) is 3.25. The van der Waals surface area contributed by atoms with Crippen molar-refractivity contribution in [3.63, 3.8) is 0 Å². The van der Waals surface area contributed by atoms with Crippen LogP contribution < -0.4 is 5.32 Å². The molecule has 0 spiro atoms. The van der Waals surface area contributed by atoms with E-state index in [0.717, 1.165) is 24.9 Å². The Morgan fingerprint density at radius 1 is 1.44 bits per heavy atom. The highest BCUT2D eigenvalue weighted by molar-refractivity contribution is 6.17. The van der Waals surface area contributed by atoms with Crippen LogP contribution in [0.5, 0.6) is 0 Å². The number of ketones is 1. The van der Waals surface area contributed by atoms with Gasteiger partial charge in [0.05, 0.1) is 6.04 Å². The van der Waals surface area contributed by atoms with Gasteiger partial charge in [-0.3, -0.25) is 4.79 Å². The molecule has 0 radical (unpaired) electrons. The lowest BCUT2D eigenvalue weighted by Crippen LogP contribution is -2.35. The average molecular weight is 238 g/mol. The molecule has 1 atom stereocenters. The second-order valence-corrected chi connectivity index (χ2v) is 4.47. The van der Waals surface area contributed by atoms with E-state index in [-0.39, 0.29) is 11.8 Å². The first kappa shape index (κ1) is 11.6. The Labute approximate surface area is 101 Å². The summed E-state index contributed by atoms with van der Waals surface area (Å²) in [5.41, 5.74) is 2.44. The minimum Gasteiger partial charge on any atom is -0.303 e. The normalized spacial score (nSPS) is 19.2. The lowest BCUT2D eigenvalue weighted by atomic mass is 9.91. The van der Waals surface area contributed by atoms with Gasteiger partial charge < -0.3 is 5.32 Å². The van der Waals surface area contributed by atoms with Crippen molar-refractivity contribution < 1.29 is 4.79 Å². The molecule has 0 bridgehead atoms. The minimum atomic E-state index is -0.117. The summed E-state index contributed by atoms with van der Waals surface area (Å²) in [5.74, 6) is 0.813. The molecule has 0 amide bonds. The van der Waals surface area contributed by atoms with Crippen LogP contribution in [0.3, 0.4) is 0 Å². The molecule has 1 aliphatic rings. The smallest absolute Gasteiger partial charge is 0.154 e. The molecular formula is C13H16ClNO. The van der Waals surface area contributed by atoms with E-state index in [1.54, 1.807) is 0 Å². The summed E-state index contributed by atoms with van der Waals surface area (Å²) in [6.45, 7) is 0.883. The standard InChI is InChI=1S/C13H16ClNO/c14-8-3-6-12(16)13-11-5-2-1-4-10(11)7-9-15-13/h1-2,4-5,13,15H,3,6-9H2. The van der Waals surface area contributed by atoms with E-state index in [9.17, 15) is 4.79 Å². The van der Waals surface area contributed by atoms with Crippen molar-refractivity contribution in [2.24, 2.45) is 0 Å². The van der Waals surface area contributed by atoms with Gasteiger partial charge in [0.25, 0.3) is 0 Å². The van der Waals surface area contributed by atoms with E-state index in [1.807, 2.05) is 18.2 Å². The number of rotatable bonds is 4. The zero-order chi connectivity index (χ0) is 11.4. The number of nitrogens with one attached hydrogen (secondary N) is 1. The zero-order valence-corrected chi connectivity index (χ0v) is 9.96. The first-order chi connectivity index (χ1) is 7.83. The number of hydrogen-bond donors (Lipinski definition) is 1. The average Bonchev–Trinajstić information content (AvgIpc) is 2.35. The molecule has 2 rings (SSSR count). The Bertz CT molecular complexity index is 378. The van der Waals surface area contributed by atoms with Crippen LogP contribution >= 0.6 is 11.6 Å². The highest BCUT2D eigenvalue weighted by Crippen LogP contribution is 2.24. The van der Waals surface area contributed by atoms with Gasteiger partial charge in [-0.25, -0.2) is 0 Å². The first-order valence-electron chi connectivity index (χ1n) is 5.73. The number of Topliss-reactive ketones (excluding diaryl/α,β-unsaturated/α-hetero) is 1. The Morgan fingerprint density at radius 3 is 3.06 bits per heavy atom. The minimum absolute atomic E-state index is 0.117. The zero-order valence-electron chi connectivity index (χ0n) is 9.21. The van der Waals surface area contributed by atoms with Crippen molar-refractivity contribution in [2.45, 2.75) is 25.3 Å². The molecule has 1 N–H and O–H groups in total. The molecule has 1 unspecified atom stereocenters. The molecule has 0 aromatic heterocycles. The van der Waals surface area contributed by atoms with Crippen LogP contribution in [0.15, 0.2) is 24.3 Å². The van der Waals surface area contributed by atoms with Crippen LogP contribution in [0.2, 0.25) is 0 Å². The Balaban J connectivity index is 2.15. The summed E-state index contributed by atoms with van der Waals surface area (Å²) >= 11 is 5.61. The predicted octanol–water partition coefficient (Wildman–Crippen LogP) is 2.46. The maximum atomic E-state index is 12.0. The topological polar surface area (TPSA) is 29.1 Å².